The maximum atomic E-state index is 11.7. The zero-order valence-corrected chi connectivity index (χ0v) is 11.0. The van der Waals surface area contributed by atoms with Crippen molar-refractivity contribution in [1.82, 2.24) is 10.6 Å². The van der Waals surface area contributed by atoms with Crippen LogP contribution in [0.25, 0.3) is 0 Å². The summed E-state index contributed by atoms with van der Waals surface area (Å²) < 4.78 is 0. The normalized spacial score (nSPS) is 15.2. The predicted octanol–water partition coefficient (Wildman–Crippen LogP) is 0.0836. The molecule has 0 aromatic heterocycles. The highest BCUT2D eigenvalue weighted by Gasteiger charge is 2.30. The molecule has 1 saturated carbocycles. The van der Waals surface area contributed by atoms with Crippen LogP contribution < -0.4 is 16.4 Å². The van der Waals surface area contributed by atoms with Crippen molar-refractivity contribution in [3.05, 3.63) is 0 Å². The molecule has 17 heavy (non-hydrogen) atoms. The first-order valence-corrected chi connectivity index (χ1v) is 6.12. The summed E-state index contributed by atoms with van der Waals surface area (Å²) in [6.07, 6.45) is 2.41. The van der Waals surface area contributed by atoms with E-state index in [9.17, 15) is 9.59 Å². The van der Waals surface area contributed by atoms with Gasteiger partial charge in [-0.05, 0) is 26.7 Å². The van der Waals surface area contributed by atoms with Crippen LogP contribution in [-0.2, 0) is 9.59 Å². The first-order chi connectivity index (χ1) is 7.84. The van der Waals surface area contributed by atoms with E-state index >= 15 is 0 Å². The van der Waals surface area contributed by atoms with Gasteiger partial charge in [0.05, 0.1) is 10.4 Å². The number of hydrogen-bond donors (Lipinski definition) is 3. The lowest BCUT2D eigenvalue weighted by Crippen LogP contribution is -2.45. The van der Waals surface area contributed by atoms with Crippen LogP contribution in [0, 0.1) is 5.41 Å². The largest absolute Gasteiger partial charge is 0.392 e. The third kappa shape index (κ3) is 4.30. The van der Waals surface area contributed by atoms with Gasteiger partial charge in [0.1, 0.15) is 0 Å². The highest BCUT2D eigenvalue weighted by molar-refractivity contribution is 7.80. The van der Waals surface area contributed by atoms with E-state index in [0.29, 0.717) is 12.6 Å². The molecular weight excluding hydrogens is 238 g/mol. The quantitative estimate of drug-likeness (QED) is 0.589. The molecule has 0 heterocycles. The highest BCUT2D eigenvalue weighted by Crippen LogP contribution is 2.18. The fraction of sp³-hybridized carbons (Fsp3) is 0.727. The van der Waals surface area contributed by atoms with Gasteiger partial charge in [-0.15, -0.1) is 0 Å². The number of amides is 2. The van der Waals surface area contributed by atoms with Gasteiger partial charge in [0, 0.05) is 19.0 Å². The molecule has 0 spiro atoms. The average molecular weight is 257 g/mol. The topological polar surface area (TPSA) is 84.2 Å². The van der Waals surface area contributed by atoms with Gasteiger partial charge in [0.15, 0.2) is 0 Å². The molecule has 6 heteroatoms. The third-order valence-corrected chi connectivity index (χ3v) is 3.27. The van der Waals surface area contributed by atoms with Crippen LogP contribution in [0.1, 0.15) is 33.1 Å². The molecule has 0 saturated heterocycles. The molecule has 96 valence electrons. The summed E-state index contributed by atoms with van der Waals surface area (Å²) in [6, 6.07) is 0.353. The molecule has 0 radical (unpaired) electrons. The van der Waals surface area contributed by atoms with Crippen molar-refractivity contribution in [3.63, 3.8) is 0 Å². The number of nitrogens with one attached hydrogen (secondary N) is 2. The lowest BCUT2D eigenvalue weighted by atomic mass is 9.92. The maximum Gasteiger partial charge on any atom is 0.232 e. The second-order valence-corrected chi connectivity index (χ2v) is 5.28. The summed E-state index contributed by atoms with van der Waals surface area (Å²) in [5.74, 6) is -0.273. The van der Waals surface area contributed by atoms with Crippen molar-refractivity contribution in [1.29, 1.82) is 0 Å². The van der Waals surface area contributed by atoms with E-state index in [1.165, 1.54) is 0 Å². The lowest BCUT2D eigenvalue weighted by molar-refractivity contribution is -0.126. The van der Waals surface area contributed by atoms with E-state index in [0.717, 1.165) is 12.8 Å². The van der Waals surface area contributed by atoms with Gasteiger partial charge in [-0.3, -0.25) is 9.59 Å². The smallest absolute Gasteiger partial charge is 0.232 e. The van der Waals surface area contributed by atoms with E-state index in [-0.39, 0.29) is 23.2 Å². The Hall–Kier alpha value is -1.17. The van der Waals surface area contributed by atoms with Crippen LogP contribution in [-0.4, -0.2) is 29.4 Å². The molecule has 2 amide bonds. The Bertz CT molecular complexity index is 338. The third-order valence-electron chi connectivity index (χ3n) is 2.76. The monoisotopic (exact) mass is 257 g/mol. The van der Waals surface area contributed by atoms with Crippen molar-refractivity contribution in [2.45, 2.75) is 39.2 Å². The minimum absolute atomic E-state index is 0.0269. The molecule has 0 aromatic carbocycles. The maximum absolute atomic E-state index is 11.7. The first kappa shape index (κ1) is 13.9. The fourth-order valence-electron chi connectivity index (χ4n) is 1.15. The second kappa shape index (κ2) is 5.44. The van der Waals surface area contributed by atoms with Gasteiger partial charge in [0.2, 0.25) is 11.8 Å². The molecule has 5 nitrogen and oxygen atoms in total. The summed E-state index contributed by atoms with van der Waals surface area (Å²) in [7, 11) is 0. The molecule has 0 atom stereocenters. The van der Waals surface area contributed by atoms with Crippen molar-refractivity contribution in [3.8, 4) is 0 Å². The zero-order valence-electron chi connectivity index (χ0n) is 10.2. The Balaban J connectivity index is 2.23. The summed E-state index contributed by atoms with van der Waals surface area (Å²) in [5.41, 5.74) is 4.60. The van der Waals surface area contributed by atoms with Gasteiger partial charge < -0.3 is 16.4 Å². The van der Waals surface area contributed by atoms with Crippen LogP contribution in [0.3, 0.4) is 0 Å². The molecule has 0 aliphatic heterocycles. The molecule has 0 unspecified atom stereocenters. The number of hydrogen-bond acceptors (Lipinski definition) is 3. The van der Waals surface area contributed by atoms with Crippen molar-refractivity contribution in [2.24, 2.45) is 11.1 Å². The minimum atomic E-state index is -0.873. The van der Waals surface area contributed by atoms with Crippen molar-refractivity contribution < 1.29 is 9.59 Å². The standard InChI is InChI=1S/C11H19N3O2S/c1-11(2,9(12)17)10(16)13-6-5-8(15)14-7-3-4-7/h7H,3-6H2,1-2H3,(H2,12,17)(H,13,16)(H,14,15). The van der Waals surface area contributed by atoms with Gasteiger partial charge in [-0.1, -0.05) is 12.2 Å². The molecule has 1 aliphatic rings. The second-order valence-electron chi connectivity index (χ2n) is 4.84. The average Bonchev–Trinajstić information content (AvgIpc) is 3.01. The van der Waals surface area contributed by atoms with E-state index in [2.05, 4.69) is 10.6 Å². The lowest BCUT2D eigenvalue weighted by Gasteiger charge is -2.21. The van der Waals surface area contributed by atoms with Gasteiger partial charge in [-0.2, -0.15) is 0 Å². The summed E-state index contributed by atoms with van der Waals surface area (Å²) in [5, 5.41) is 5.51. The summed E-state index contributed by atoms with van der Waals surface area (Å²) in [6.45, 7) is 3.63. The van der Waals surface area contributed by atoms with Gasteiger partial charge in [0.25, 0.3) is 0 Å². The van der Waals surface area contributed by atoms with Crippen LogP contribution in [0.15, 0.2) is 0 Å². The molecule has 1 rings (SSSR count). The summed E-state index contributed by atoms with van der Waals surface area (Å²) in [4.78, 5) is 23.2. The molecule has 0 bridgehead atoms. The van der Waals surface area contributed by atoms with Crippen LogP contribution in [0.2, 0.25) is 0 Å². The molecule has 0 aromatic rings. The molecule has 1 aliphatic carbocycles. The SMILES string of the molecule is CC(C)(C(=O)NCCC(=O)NC1CC1)C(N)=S. The van der Waals surface area contributed by atoms with Crippen LogP contribution in [0.4, 0.5) is 0 Å². The Morgan fingerprint density at radius 1 is 1.41 bits per heavy atom. The first-order valence-electron chi connectivity index (χ1n) is 5.71. The van der Waals surface area contributed by atoms with E-state index < -0.39 is 5.41 Å². The minimum Gasteiger partial charge on any atom is -0.392 e. The number of nitrogens with two attached hydrogens (primary N) is 1. The van der Waals surface area contributed by atoms with Gasteiger partial charge in [-0.25, -0.2) is 0 Å². The number of carbonyl (C=O) groups excluding carboxylic acids is 2. The zero-order chi connectivity index (χ0) is 13.1. The van der Waals surface area contributed by atoms with Crippen LogP contribution in [0.5, 0.6) is 0 Å². The van der Waals surface area contributed by atoms with Crippen LogP contribution >= 0.6 is 12.2 Å². The number of thiocarbonyl (C=S) groups is 1. The van der Waals surface area contributed by atoms with E-state index in [1.807, 2.05) is 0 Å². The Morgan fingerprint density at radius 2 is 2.00 bits per heavy atom. The van der Waals surface area contributed by atoms with E-state index in [4.69, 9.17) is 18.0 Å². The number of rotatable bonds is 6. The molecular formula is C11H19N3O2S. The predicted molar refractivity (Wildman–Crippen MR) is 69.4 cm³/mol. The van der Waals surface area contributed by atoms with E-state index in [1.54, 1.807) is 13.8 Å². The van der Waals surface area contributed by atoms with Crippen molar-refractivity contribution >= 4 is 29.0 Å². The Morgan fingerprint density at radius 3 is 2.47 bits per heavy atom. The molecule has 1 fully saturated rings. The highest BCUT2D eigenvalue weighted by atomic mass is 32.1. The fourth-order valence-corrected chi connectivity index (χ4v) is 1.24. The number of carbonyl (C=O) groups is 2. The van der Waals surface area contributed by atoms with Gasteiger partial charge >= 0.3 is 0 Å². The van der Waals surface area contributed by atoms with Crippen molar-refractivity contribution in [2.75, 3.05) is 6.54 Å². The Labute approximate surface area is 107 Å². The summed E-state index contributed by atoms with van der Waals surface area (Å²) >= 11 is 4.81. The molecule has 4 N–H and O–H groups in total. The Kier molecular flexibility index (Phi) is 4.45.